The molecule has 1 N–H and O–H groups in total. The van der Waals surface area contributed by atoms with E-state index >= 15 is 0 Å². The summed E-state index contributed by atoms with van der Waals surface area (Å²) < 4.78 is 5.42. The van der Waals surface area contributed by atoms with Crippen molar-refractivity contribution in [3.63, 3.8) is 0 Å². The van der Waals surface area contributed by atoms with Gasteiger partial charge >= 0.3 is 0 Å². The van der Waals surface area contributed by atoms with Crippen LogP contribution < -0.4 is 10.2 Å². The summed E-state index contributed by atoms with van der Waals surface area (Å²) in [7, 11) is 0. The van der Waals surface area contributed by atoms with Crippen LogP contribution in [0.2, 0.25) is 0 Å². The van der Waals surface area contributed by atoms with Crippen LogP contribution in [0.15, 0.2) is 65.4 Å². The van der Waals surface area contributed by atoms with E-state index in [-0.39, 0.29) is 0 Å². The highest BCUT2D eigenvalue weighted by atomic mass is 35.5. The molecule has 4 rings (SSSR count). The van der Waals surface area contributed by atoms with Crippen molar-refractivity contribution in [3.8, 4) is 0 Å². The minimum Gasteiger partial charge on any atom is -0.378 e. The van der Waals surface area contributed by atoms with Gasteiger partial charge in [-0.25, -0.2) is 9.97 Å². The van der Waals surface area contributed by atoms with Crippen molar-refractivity contribution in [1.29, 1.82) is 0 Å². The Balaban J connectivity index is 1.42. The van der Waals surface area contributed by atoms with E-state index in [9.17, 15) is 0 Å². The molecule has 0 bridgehead atoms. The van der Waals surface area contributed by atoms with E-state index in [1.54, 1.807) is 6.20 Å². The molecule has 0 atom stereocenters. The van der Waals surface area contributed by atoms with E-state index in [2.05, 4.69) is 57.4 Å². The predicted molar refractivity (Wildman–Crippen MR) is 119 cm³/mol. The number of morpholine rings is 1. The number of allylic oxidation sites excluding steroid dienone is 6. The molecule has 1 fully saturated rings. The van der Waals surface area contributed by atoms with Gasteiger partial charge in [-0.3, -0.25) is 0 Å². The molecular formula is C23H25ClN4O. The number of ether oxygens (including phenoxy) is 1. The number of halogens is 1. The van der Waals surface area contributed by atoms with E-state index in [0.29, 0.717) is 12.4 Å². The Morgan fingerprint density at radius 1 is 1.10 bits per heavy atom. The van der Waals surface area contributed by atoms with Crippen LogP contribution in [0.4, 0.5) is 11.5 Å². The van der Waals surface area contributed by atoms with Gasteiger partial charge in [0, 0.05) is 42.1 Å². The molecule has 0 amide bonds. The lowest BCUT2D eigenvalue weighted by atomic mass is 10.1. The number of anilines is 2. The zero-order chi connectivity index (χ0) is 20.1. The third-order valence-corrected chi connectivity index (χ3v) is 5.28. The summed E-state index contributed by atoms with van der Waals surface area (Å²) in [5.41, 5.74) is 4.61. The molecule has 0 unspecified atom stereocenters. The Bertz CT molecular complexity index is 944. The standard InChI is InChI=1S/C23H25ClN4O/c1-17-2-5-20(24)15-19(14-17)23-25-9-8-22(27-23)26-16-18-3-6-21(7-4-18)28-10-12-29-13-11-28/h3-9,14-15H,2,10-13,16H2,1H3,(H,25,26,27). The summed E-state index contributed by atoms with van der Waals surface area (Å²) >= 11 is 6.25. The molecule has 0 saturated carbocycles. The van der Waals surface area contributed by atoms with E-state index in [1.807, 2.05) is 18.2 Å². The summed E-state index contributed by atoms with van der Waals surface area (Å²) in [5.74, 6) is 1.47. The van der Waals surface area contributed by atoms with Crippen molar-refractivity contribution in [1.82, 2.24) is 9.97 Å². The first-order chi connectivity index (χ1) is 14.2. The maximum atomic E-state index is 6.25. The minimum absolute atomic E-state index is 0.672. The van der Waals surface area contributed by atoms with Crippen molar-refractivity contribution in [2.45, 2.75) is 19.9 Å². The Morgan fingerprint density at radius 3 is 2.69 bits per heavy atom. The van der Waals surface area contributed by atoms with Gasteiger partial charge in [0.25, 0.3) is 0 Å². The van der Waals surface area contributed by atoms with Gasteiger partial charge in [0.2, 0.25) is 0 Å². The molecular weight excluding hydrogens is 384 g/mol. The number of hydrogen-bond acceptors (Lipinski definition) is 5. The number of benzene rings is 1. The average Bonchev–Trinajstić information content (AvgIpc) is 2.94. The summed E-state index contributed by atoms with van der Waals surface area (Å²) in [6.45, 7) is 6.28. The summed E-state index contributed by atoms with van der Waals surface area (Å²) in [4.78, 5) is 11.5. The van der Waals surface area contributed by atoms with E-state index in [4.69, 9.17) is 16.3 Å². The monoisotopic (exact) mass is 408 g/mol. The molecule has 0 radical (unpaired) electrons. The Hall–Kier alpha value is -2.63. The molecule has 1 saturated heterocycles. The second-order valence-corrected chi connectivity index (χ2v) is 7.70. The number of nitrogens with zero attached hydrogens (tertiary/aromatic N) is 3. The van der Waals surface area contributed by atoms with Gasteiger partial charge in [0.1, 0.15) is 5.82 Å². The fourth-order valence-electron chi connectivity index (χ4n) is 3.40. The predicted octanol–water partition coefficient (Wildman–Crippen LogP) is 4.78. The fourth-order valence-corrected chi connectivity index (χ4v) is 3.59. The highest BCUT2D eigenvalue weighted by molar-refractivity contribution is 6.31. The van der Waals surface area contributed by atoms with Crippen molar-refractivity contribution in [2.75, 3.05) is 36.5 Å². The lowest BCUT2D eigenvalue weighted by molar-refractivity contribution is 0.122. The quantitative estimate of drug-likeness (QED) is 0.771. The van der Waals surface area contributed by atoms with Gasteiger partial charge in [-0.15, -0.1) is 0 Å². The van der Waals surface area contributed by atoms with Crippen molar-refractivity contribution in [3.05, 3.63) is 76.7 Å². The zero-order valence-electron chi connectivity index (χ0n) is 16.6. The normalized spacial score (nSPS) is 17.2. The average molecular weight is 409 g/mol. The van der Waals surface area contributed by atoms with Crippen molar-refractivity contribution in [2.24, 2.45) is 0 Å². The molecule has 2 heterocycles. The summed E-state index contributed by atoms with van der Waals surface area (Å²) in [5, 5.41) is 4.12. The molecule has 1 aliphatic heterocycles. The molecule has 1 aromatic carbocycles. The minimum atomic E-state index is 0.672. The fraction of sp³-hybridized carbons (Fsp3) is 0.304. The Labute approximate surface area is 176 Å². The Kier molecular flexibility index (Phi) is 6.27. The molecule has 6 heteroatoms. The van der Waals surface area contributed by atoms with Gasteiger partial charge in [-0.2, -0.15) is 0 Å². The first kappa shape index (κ1) is 19.7. The van der Waals surface area contributed by atoms with Gasteiger partial charge in [-0.1, -0.05) is 41.5 Å². The summed E-state index contributed by atoms with van der Waals surface area (Å²) in [6, 6.07) is 10.5. The third-order valence-electron chi connectivity index (χ3n) is 5.01. The second kappa shape index (κ2) is 9.25. The largest absolute Gasteiger partial charge is 0.378 e. The maximum Gasteiger partial charge on any atom is 0.161 e. The number of rotatable bonds is 5. The van der Waals surface area contributed by atoms with Crippen LogP contribution in [-0.4, -0.2) is 36.3 Å². The van der Waals surface area contributed by atoms with Gasteiger partial charge in [0.05, 0.1) is 13.2 Å². The van der Waals surface area contributed by atoms with Gasteiger partial charge in [-0.05, 0) is 43.2 Å². The van der Waals surface area contributed by atoms with Crippen molar-refractivity contribution >= 4 is 28.7 Å². The highest BCUT2D eigenvalue weighted by Crippen LogP contribution is 2.24. The van der Waals surface area contributed by atoms with Gasteiger partial charge < -0.3 is 15.0 Å². The lowest BCUT2D eigenvalue weighted by Crippen LogP contribution is -2.36. The maximum absolute atomic E-state index is 6.25. The zero-order valence-corrected chi connectivity index (χ0v) is 17.3. The lowest BCUT2D eigenvalue weighted by Gasteiger charge is -2.28. The molecule has 2 aromatic rings. The SMILES string of the molecule is CC1=CC(c2nccc(NCc3ccc(N4CCOCC4)cc3)n2)=CC(Cl)=CC1. The van der Waals surface area contributed by atoms with Crippen LogP contribution in [0.5, 0.6) is 0 Å². The van der Waals surface area contributed by atoms with E-state index in [0.717, 1.165) is 49.1 Å². The number of aromatic nitrogens is 2. The summed E-state index contributed by atoms with van der Waals surface area (Å²) in [6.07, 6.45) is 8.63. The molecule has 0 spiro atoms. The molecule has 1 aromatic heterocycles. The molecule has 150 valence electrons. The smallest absolute Gasteiger partial charge is 0.161 e. The number of hydrogen-bond donors (Lipinski definition) is 1. The first-order valence-corrected chi connectivity index (χ1v) is 10.3. The topological polar surface area (TPSA) is 50.3 Å². The van der Waals surface area contributed by atoms with Crippen LogP contribution in [0.1, 0.15) is 24.7 Å². The van der Waals surface area contributed by atoms with E-state index in [1.165, 1.54) is 16.8 Å². The Morgan fingerprint density at radius 2 is 1.90 bits per heavy atom. The first-order valence-electron chi connectivity index (χ1n) is 9.91. The van der Waals surface area contributed by atoms with Crippen LogP contribution in [0, 0.1) is 0 Å². The van der Waals surface area contributed by atoms with Crippen LogP contribution in [0.3, 0.4) is 0 Å². The second-order valence-electron chi connectivity index (χ2n) is 7.27. The number of nitrogens with one attached hydrogen (secondary N) is 1. The van der Waals surface area contributed by atoms with Crippen LogP contribution in [0.25, 0.3) is 5.57 Å². The molecule has 5 nitrogen and oxygen atoms in total. The van der Waals surface area contributed by atoms with Gasteiger partial charge in [0.15, 0.2) is 5.82 Å². The molecule has 29 heavy (non-hydrogen) atoms. The third kappa shape index (κ3) is 5.25. The molecule has 2 aliphatic rings. The van der Waals surface area contributed by atoms with Crippen LogP contribution >= 0.6 is 11.6 Å². The van der Waals surface area contributed by atoms with E-state index < -0.39 is 0 Å². The highest BCUT2D eigenvalue weighted by Gasteiger charge is 2.11. The molecule has 1 aliphatic carbocycles. The van der Waals surface area contributed by atoms with Crippen LogP contribution in [-0.2, 0) is 11.3 Å². The van der Waals surface area contributed by atoms with Crippen molar-refractivity contribution < 1.29 is 4.74 Å².